The van der Waals surface area contributed by atoms with Crippen molar-refractivity contribution in [2.75, 3.05) is 13.1 Å². The molecule has 3 heterocycles. The molecule has 0 fully saturated rings. The van der Waals surface area contributed by atoms with Crippen molar-refractivity contribution in [3.05, 3.63) is 40.3 Å². The number of aromatic nitrogens is 2. The van der Waals surface area contributed by atoms with Gasteiger partial charge in [0, 0.05) is 24.0 Å². The lowest BCUT2D eigenvalue weighted by Crippen LogP contribution is -2.47. The van der Waals surface area contributed by atoms with Gasteiger partial charge in [0.25, 0.3) is 0 Å². The van der Waals surface area contributed by atoms with E-state index in [2.05, 4.69) is 30.3 Å². The summed E-state index contributed by atoms with van der Waals surface area (Å²) in [5, 5.41) is 9.34. The zero-order valence-electron chi connectivity index (χ0n) is 15.4. The summed E-state index contributed by atoms with van der Waals surface area (Å²) in [7, 11) is 0. The summed E-state index contributed by atoms with van der Waals surface area (Å²) >= 11 is 1.69. The number of hydrogen-bond donors (Lipinski definition) is 1. The van der Waals surface area contributed by atoms with Crippen molar-refractivity contribution in [3.63, 3.8) is 0 Å². The Morgan fingerprint density at radius 2 is 2.23 bits per heavy atom. The zero-order chi connectivity index (χ0) is 18.5. The molecule has 7 heteroatoms. The number of hydrogen-bond acceptors (Lipinski definition) is 4. The first-order valence-corrected chi connectivity index (χ1v) is 10.0. The Kier molecular flexibility index (Phi) is 6.08. The molecule has 140 valence electrons. The molecule has 0 unspecified atom stereocenters. The second-order valence-electron chi connectivity index (χ2n) is 7.11. The average molecular weight is 375 g/mol. The van der Waals surface area contributed by atoms with Crippen molar-refractivity contribution in [3.8, 4) is 0 Å². The molecular formula is C19H26N4O2S. The lowest BCUT2D eigenvalue weighted by molar-refractivity contribution is -0.135. The molecule has 0 saturated heterocycles. The van der Waals surface area contributed by atoms with Gasteiger partial charge in [-0.05, 0) is 36.3 Å². The van der Waals surface area contributed by atoms with Crippen LogP contribution in [0.2, 0.25) is 0 Å². The van der Waals surface area contributed by atoms with E-state index >= 15 is 0 Å². The van der Waals surface area contributed by atoms with E-state index in [4.69, 9.17) is 0 Å². The number of amides is 2. The van der Waals surface area contributed by atoms with Gasteiger partial charge in [0.2, 0.25) is 11.8 Å². The molecule has 2 amide bonds. The van der Waals surface area contributed by atoms with Crippen LogP contribution in [0.15, 0.2) is 29.8 Å². The highest BCUT2D eigenvalue weighted by molar-refractivity contribution is 7.09. The second-order valence-corrected chi connectivity index (χ2v) is 8.14. The Labute approximate surface area is 158 Å². The molecule has 0 radical (unpaired) electrons. The summed E-state index contributed by atoms with van der Waals surface area (Å²) in [6.07, 6.45) is 3.91. The van der Waals surface area contributed by atoms with E-state index in [1.165, 1.54) is 4.88 Å². The Balaban J connectivity index is 1.61. The van der Waals surface area contributed by atoms with Crippen LogP contribution < -0.4 is 5.32 Å². The molecule has 1 aliphatic heterocycles. The smallest absolute Gasteiger partial charge is 0.246 e. The van der Waals surface area contributed by atoms with E-state index in [-0.39, 0.29) is 11.8 Å². The van der Waals surface area contributed by atoms with Crippen LogP contribution in [0.1, 0.15) is 43.3 Å². The van der Waals surface area contributed by atoms with E-state index in [1.54, 1.807) is 27.1 Å². The lowest BCUT2D eigenvalue weighted by atomic mass is 10.1. The third-order valence-corrected chi connectivity index (χ3v) is 5.57. The average Bonchev–Trinajstić information content (AvgIpc) is 3.29. The number of nitrogens with one attached hydrogen (secondary N) is 1. The fourth-order valence-corrected chi connectivity index (χ4v) is 3.84. The van der Waals surface area contributed by atoms with Crippen LogP contribution in [0.5, 0.6) is 0 Å². The maximum atomic E-state index is 12.7. The van der Waals surface area contributed by atoms with Gasteiger partial charge in [-0.25, -0.2) is 0 Å². The van der Waals surface area contributed by atoms with E-state index in [0.717, 1.165) is 18.5 Å². The minimum Gasteiger partial charge on any atom is -0.354 e. The predicted octanol–water partition coefficient (Wildman–Crippen LogP) is 2.62. The van der Waals surface area contributed by atoms with Gasteiger partial charge in [-0.15, -0.1) is 11.3 Å². The zero-order valence-corrected chi connectivity index (χ0v) is 16.2. The third-order valence-electron chi connectivity index (χ3n) is 4.64. The summed E-state index contributed by atoms with van der Waals surface area (Å²) in [5.74, 6) is 0.529. The summed E-state index contributed by atoms with van der Waals surface area (Å²) in [4.78, 5) is 28.3. The molecule has 0 aromatic carbocycles. The molecule has 2 aromatic heterocycles. The molecule has 0 bridgehead atoms. The van der Waals surface area contributed by atoms with Crippen molar-refractivity contribution in [2.45, 2.75) is 45.7 Å². The van der Waals surface area contributed by atoms with Gasteiger partial charge < -0.3 is 10.2 Å². The van der Waals surface area contributed by atoms with Crippen LogP contribution >= 0.6 is 11.3 Å². The van der Waals surface area contributed by atoms with Crippen molar-refractivity contribution < 1.29 is 9.59 Å². The number of nitrogens with zero attached hydrogens (tertiary/aromatic N) is 3. The maximum Gasteiger partial charge on any atom is 0.246 e. The van der Waals surface area contributed by atoms with Crippen molar-refractivity contribution >= 4 is 23.2 Å². The largest absolute Gasteiger partial charge is 0.354 e. The summed E-state index contributed by atoms with van der Waals surface area (Å²) < 4.78 is 1.76. The molecule has 1 atom stereocenters. The minimum absolute atomic E-state index is 0.0761. The lowest BCUT2D eigenvalue weighted by Gasteiger charge is -2.33. The molecular weight excluding hydrogens is 348 g/mol. The Morgan fingerprint density at radius 3 is 2.96 bits per heavy atom. The van der Waals surface area contributed by atoms with E-state index in [0.29, 0.717) is 32.0 Å². The normalized spacial score (nSPS) is 16.6. The predicted molar refractivity (Wildman–Crippen MR) is 102 cm³/mol. The molecule has 3 rings (SSSR count). The fourth-order valence-electron chi connectivity index (χ4n) is 3.13. The first-order valence-electron chi connectivity index (χ1n) is 9.15. The molecule has 0 saturated carbocycles. The molecule has 2 aromatic rings. The van der Waals surface area contributed by atoms with E-state index < -0.39 is 6.04 Å². The highest BCUT2D eigenvalue weighted by Gasteiger charge is 2.32. The Morgan fingerprint density at radius 1 is 1.38 bits per heavy atom. The van der Waals surface area contributed by atoms with Crippen molar-refractivity contribution in [1.82, 2.24) is 20.0 Å². The third kappa shape index (κ3) is 4.52. The number of thiophene rings is 1. The Bertz CT molecular complexity index is 739. The SMILES string of the molecule is CC(C)CCC(=O)N1Cc2ccnn2[C@H](C(=O)NCCc2cccs2)C1. The topological polar surface area (TPSA) is 67.2 Å². The van der Waals surface area contributed by atoms with E-state index in [1.807, 2.05) is 17.5 Å². The van der Waals surface area contributed by atoms with Crippen LogP contribution in [-0.4, -0.2) is 39.6 Å². The molecule has 0 aliphatic carbocycles. The van der Waals surface area contributed by atoms with E-state index in [9.17, 15) is 9.59 Å². The second kappa shape index (κ2) is 8.49. The maximum absolute atomic E-state index is 12.7. The van der Waals surface area contributed by atoms with Crippen molar-refractivity contribution in [1.29, 1.82) is 0 Å². The highest BCUT2D eigenvalue weighted by atomic mass is 32.1. The number of carbonyl (C=O) groups is 2. The van der Waals surface area contributed by atoms with Crippen LogP contribution in [-0.2, 0) is 22.6 Å². The van der Waals surface area contributed by atoms with Gasteiger partial charge in [0.1, 0.15) is 6.04 Å². The molecule has 26 heavy (non-hydrogen) atoms. The highest BCUT2D eigenvalue weighted by Crippen LogP contribution is 2.22. The van der Waals surface area contributed by atoms with Crippen molar-refractivity contribution in [2.24, 2.45) is 5.92 Å². The first kappa shape index (κ1) is 18.6. The minimum atomic E-state index is -0.458. The molecule has 1 aliphatic rings. The first-order chi connectivity index (χ1) is 12.5. The fraction of sp³-hybridized carbons (Fsp3) is 0.526. The summed E-state index contributed by atoms with van der Waals surface area (Å²) in [5.41, 5.74) is 0.910. The van der Waals surface area contributed by atoms with Crippen LogP contribution in [0, 0.1) is 5.92 Å². The number of carbonyl (C=O) groups excluding carboxylic acids is 2. The monoisotopic (exact) mass is 374 g/mol. The summed E-state index contributed by atoms with van der Waals surface area (Å²) in [6, 6.07) is 5.51. The Hall–Kier alpha value is -2.15. The standard InChI is InChI=1S/C19H26N4O2S/c1-14(2)5-6-18(24)22-12-15-7-10-21-23(15)17(13-22)19(25)20-9-8-16-4-3-11-26-16/h3-4,7,10-11,14,17H,5-6,8-9,12-13H2,1-2H3,(H,20,25)/t17-/m0/s1. The molecule has 0 spiro atoms. The van der Waals surface area contributed by atoms with Gasteiger partial charge >= 0.3 is 0 Å². The van der Waals surface area contributed by atoms with Crippen LogP contribution in [0.3, 0.4) is 0 Å². The summed E-state index contributed by atoms with van der Waals surface area (Å²) in [6.45, 7) is 5.73. The molecule has 6 nitrogen and oxygen atoms in total. The van der Waals surface area contributed by atoms with Crippen LogP contribution in [0.25, 0.3) is 0 Å². The van der Waals surface area contributed by atoms with Gasteiger partial charge in [0.15, 0.2) is 0 Å². The molecule has 1 N–H and O–H groups in total. The van der Waals surface area contributed by atoms with Gasteiger partial charge in [-0.3, -0.25) is 14.3 Å². The van der Waals surface area contributed by atoms with Gasteiger partial charge in [0.05, 0.1) is 18.8 Å². The van der Waals surface area contributed by atoms with Crippen LogP contribution in [0.4, 0.5) is 0 Å². The number of rotatable bonds is 7. The van der Waals surface area contributed by atoms with Gasteiger partial charge in [-0.2, -0.15) is 5.10 Å². The quantitative estimate of drug-likeness (QED) is 0.810. The number of fused-ring (bicyclic) bond motifs is 1. The van der Waals surface area contributed by atoms with Gasteiger partial charge in [-0.1, -0.05) is 19.9 Å².